The molecule has 0 bridgehead atoms. The predicted molar refractivity (Wildman–Crippen MR) is 97.5 cm³/mol. The lowest BCUT2D eigenvalue weighted by Crippen LogP contribution is -2.37. The lowest BCUT2D eigenvalue weighted by Gasteiger charge is -2.18. The van der Waals surface area contributed by atoms with Gasteiger partial charge in [-0.3, -0.25) is 4.79 Å². The summed E-state index contributed by atoms with van der Waals surface area (Å²) in [5, 5.41) is 12.0. The smallest absolute Gasteiger partial charge is 0.330 e. The summed E-state index contributed by atoms with van der Waals surface area (Å²) in [7, 11) is 0. The Hall–Kier alpha value is -3.02. The van der Waals surface area contributed by atoms with Crippen LogP contribution in [-0.4, -0.2) is 30.2 Å². The molecule has 0 heterocycles. The molecule has 26 heavy (non-hydrogen) atoms. The second kappa shape index (κ2) is 8.89. The molecule has 6 nitrogen and oxygen atoms in total. The predicted octanol–water partition coefficient (Wildman–Crippen LogP) is 3.02. The molecule has 1 amide bonds. The van der Waals surface area contributed by atoms with Crippen LogP contribution >= 0.6 is 0 Å². The highest BCUT2D eigenvalue weighted by molar-refractivity contribution is 5.85. The molecule has 2 rings (SSSR count). The summed E-state index contributed by atoms with van der Waals surface area (Å²) in [5.41, 5.74) is 2.35. The molecule has 2 aromatic carbocycles. The van der Waals surface area contributed by atoms with E-state index in [1.807, 2.05) is 26.8 Å². The van der Waals surface area contributed by atoms with Crippen LogP contribution in [0.1, 0.15) is 29.7 Å². The second-order valence-electron chi connectivity index (χ2n) is 5.80. The molecule has 0 saturated carbocycles. The van der Waals surface area contributed by atoms with Crippen LogP contribution in [0.4, 0.5) is 0 Å². The van der Waals surface area contributed by atoms with Gasteiger partial charge in [0.1, 0.15) is 0 Å². The maximum atomic E-state index is 12.2. The van der Waals surface area contributed by atoms with E-state index in [1.165, 1.54) is 0 Å². The minimum atomic E-state index is -1.13. The van der Waals surface area contributed by atoms with E-state index in [1.54, 1.807) is 36.4 Å². The maximum absolute atomic E-state index is 12.2. The van der Waals surface area contributed by atoms with Gasteiger partial charge in [-0.1, -0.05) is 30.3 Å². The van der Waals surface area contributed by atoms with Crippen LogP contribution in [0.15, 0.2) is 42.5 Å². The Balaban J connectivity index is 2.07. The summed E-state index contributed by atoms with van der Waals surface area (Å²) in [6, 6.07) is 11.2. The summed E-state index contributed by atoms with van der Waals surface area (Å²) in [6.07, 6.45) is 0. The molecular formula is C20H23NO5. The SMILES string of the molecule is CCOc1ccccc1OCC(=O)NC(C(=O)O)c1cccc(C)c1C. The van der Waals surface area contributed by atoms with Crippen LogP contribution in [0.2, 0.25) is 0 Å². The fourth-order valence-electron chi connectivity index (χ4n) is 2.55. The lowest BCUT2D eigenvalue weighted by molar-refractivity contribution is -0.142. The summed E-state index contributed by atoms with van der Waals surface area (Å²) >= 11 is 0. The molecule has 0 saturated heterocycles. The van der Waals surface area contributed by atoms with Gasteiger partial charge in [-0.15, -0.1) is 0 Å². The van der Waals surface area contributed by atoms with E-state index in [9.17, 15) is 14.7 Å². The molecule has 6 heteroatoms. The van der Waals surface area contributed by atoms with E-state index in [0.717, 1.165) is 11.1 Å². The highest BCUT2D eigenvalue weighted by Gasteiger charge is 2.24. The first kappa shape index (κ1) is 19.3. The Morgan fingerprint density at radius 1 is 1.04 bits per heavy atom. The number of aliphatic carboxylic acids is 1. The molecule has 0 fully saturated rings. The number of hydrogen-bond donors (Lipinski definition) is 2. The van der Waals surface area contributed by atoms with Gasteiger partial charge in [0.05, 0.1) is 6.61 Å². The zero-order valence-electron chi connectivity index (χ0n) is 15.1. The Kier molecular flexibility index (Phi) is 6.60. The van der Waals surface area contributed by atoms with Gasteiger partial charge in [0.15, 0.2) is 24.1 Å². The number of ether oxygens (including phenoxy) is 2. The normalized spacial score (nSPS) is 11.5. The van der Waals surface area contributed by atoms with Crippen molar-refractivity contribution in [2.75, 3.05) is 13.2 Å². The monoisotopic (exact) mass is 357 g/mol. The van der Waals surface area contributed by atoms with Crippen LogP contribution < -0.4 is 14.8 Å². The summed E-state index contributed by atoms with van der Waals surface area (Å²) in [6.45, 7) is 5.75. The summed E-state index contributed by atoms with van der Waals surface area (Å²) < 4.78 is 10.9. The fourth-order valence-corrected chi connectivity index (χ4v) is 2.55. The number of aryl methyl sites for hydroxylation is 1. The number of carbonyl (C=O) groups excluding carboxylic acids is 1. The van der Waals surface area contributed by atoms with Crippen molar-refractivity contribution >= 4 is 11.9 Å². The number of amides is 1. The first-order chi connectivity index (χ1) is 12.4. The van der Waals surface area contributed by atoms with Gasteiger partial charge >= 0.3 is 5.97 Å². The lowest BCUT2D eigenvalue weighted by atomic mass is 9.97. The summed E-state index contributed by atoms with van der Waals surface area (Å²) in [5.74, 6) is -0.679. The Labute approximate surface area is 152 Å². The molecule has 1 atom stereocenters. The van der Waals surface area contributed by atoms with Crippen LogP contribution in [0.3, 0.4) is 0 Å². The standard InChI is InChI=1S/C20H23NO5/c1-4-25-16-10-5-6-11-17(16)26-12-18(22)21-19(20(23)24)15-9-7-8-13(2)14(15)3/h5-11,19H,4,12H2,1-3H3,(H,21,22)(H,23,24). The van der Waals surface area contributed by atoms with E-state index in [2.05, 4.69) is 5.32 Å². The first-order valence-corrected chi connectivity index (χ1v) is 8.37. The van der Waals surface area contributed by atoms with E-state index in [-0.39, 0.29) is 6.61 Å². The van der Waals surface area contributed by atoms with E-state index >= 15 is 0 Å². The van der Waals surface area contributed by atoms with Crippen LogP contribution in [-0.2, 0) is 9.59 Å². The van der Waals surface area contributed by atoms with E-state index in [4.69, 9.17) is 9.47 Å². The van der Waals surface area contributed by atoms with Gasteiger partial charge in [0.25, 0.3) is 5.91 Å². The number of carboxylic acid groups (broad SMARTS) is 1. The highest BCUT2D eigenvalue weighted by Crippen LogP contribution is 2.26. The summed E-state index contributed by atoms with van der Waals surface area (Å²) in [4.78, 5) is 23.9. The van der Waals surface area contributed by atoms with Crippen molar-refractivity contribution in [3.63, 3.8) is 0 Å². The highest BCUT2D eigenvalue weighted by atomic mass is 16.5. The number of benzene rings is 2. The molecule has 0 aliphatic rings. The van der Waals surface area contributed by atoms with E-state index < -0.39 is 17.9 Å². The molecular weight excluding hydrogens is 334 g/mol. The van der Waals surface area contributed by atoms with Crippen molar-refractivity contribution in [3.8, 4) is 11.5 Å². The van der Waals surface area contributed by atoms with Gasteiger partial charge < -0.3 is 19.9 Å². The first-order valence-electron chi connectivity index (χ1n) is 8.37. The Morgan fingerprint density at radius 2 is 1.69 bits per heavy atom. The minimum Gasteiger partial charge on any atom is -0.490 e. The van der Waals surface area contributed by atoms with Gasteiger partial charge in [-0.05, 0) is 49.6 Å². The average molecular weight is 357 g/mol. The molecule has 0 aliphatic heterocycles. The molecule has 1 unspecified atom stereocenters. The number of rotatable bonds is 8. The molecule has 2 aromatic rings. The third kappa shape index (κ3) is 4.75. The molecule has 0 spiro atoms. The zero-order chi connectivity index (χ0) is 19.1. The van der Waals surface area contributed by atoms with Crippen LogP contribution in [0.5, 0.6) is 11.5 Å². The van der Waals surface area contributed by atoms with Crippen molar-refractivity contribution in [1.82, 2.24) is 5.32 Å². The van der Waals surface area contributed by atoms with Crippen molar-refractivity contribution in [3.05, 3.63) is 59.2 Å². The fraction of sp³-hybridized carbons (Fsp3) is 0.300. The third-order valence-corrected chi connectivity index (χ3v) is 4.02. The number of nitrogens with one attached hydrogen (secondary N) is 1. The topological polar surface area (TPSA) is 84.9 Å². The molecule has 0 aliphatic carbocycles. The third-order valence-electron chi connectivity index (χ3n) is 4.02. The molecule has 138 valence electrons. The van der Waals surface area contributed by atoms with Crippen LogP contribution in [0.25, 0.3) is 0 Å². The van der Waals surface area contributed by atoms with Crippen molar-refractivity contribution in [2.24, 2.45) is 0 Å². The molecule has 0 radical (unpaired) electrons. The van der Waals surface area contributed by atoms with Crippen molar-refractivity contribution in [2.45, 2.75) is 26.8 Å². The number of hydrogen-bond acceptors (Lipinski definition) is 4. The minimum absolute atomic E-state index is 0.307. The van der Waals surface area contributed by atoms with Gasteiger partial charge in [-0.25, -0.2) is 4.79 Å². The van der Waals surface area contributed by atoms with Gasteiger partial charge in [-0.2, -0.15) is 0 Å². The average Bonchev–Trinajstić information content (AvgIpc) is 2.61. The van der Waals surface area contributed by atoms with Gasteiger partial charge in [0.2, 0.25) is 0 Å². The number of carboxylic acids is 1. The number of carbonyl (C=O) groups is 2. The molecule has 0 aromatic heterocycles. The number of para-hydroxylation sites is 2. The second-order valence-corrected chi connectivity index (χ2v) is 5.80. The molecule has 2 N–H and O–H groups in total. The van der Waals surface area contributed by atoms with Crippen LogP contribution in [0, 0.1) is 13.8 Å². The quantitative estimate of drug-likeness (QED) is 0.759. The van der Waals surface area contributed by atoms with Crippen molar-refractivity contribution in [1.29, 1.82) is 0 Å². The Bertz CT molecular complexity index is 788. The maximum Gasteiger partial charge on any atom is 0.330 e. The zero-order valence-corrected chi connectivity index (χ0v) is 15.1. The van der Waals surface area contributed by atoms with E-state index in [0.29, 0.717) is 23.7 Å². The largest absolute Gasteiger partial charge is 0.490 e. The van der Waals surface area contributed by atoms with Crippen molar-refractivity contribution < 1.29 is 24.2 Å². The Morgan fingerprint density at radius 3 is 2.31 bits per heavy atom. The van der Waals surface area contributed by atoms with Gasteiger partial charge in [0, 0.05) is 0 Å².